The number of nitrogens with zero attached hydrogens (tertiary/aromatic N) is 1. The summed E-state index contributed by atoms with van der Waals surface area (Å²) in [5, 5.41) is 10.0. The number of hydrogen-bond acceptors (Lipinski definition) is 3. The van der Waals surface area contributed by atoms with Crippen LogP contribution in [0.4, 0.5) is 10.1 Å². The van der Waals surface area contributed by atoms with Gasteiger partial charge in [-0.1, -0.05) is 19.1 Å². The molecule has 0 amide bonds. The molecule has 0 aromatic heterocycles. The Hall–Kier alpha value is -1.13. The average Bonchev–Trinajstić information content (AvgIpc) is 2.39. The van der Waals surface area contributed by atoms with Crippen LogP contribution < -0.4 is 10.6 Å². The number of hydrogen-bond donors (Lipinski definition) is 2. The maximum atomic E-state index is 13.5. The van der Waals surface area contributed by atoms with Crippen molar-refractivity contribution >= 4 is 5.69 Å². The van der Waals surface area contributed by atoms with Gasteiger partial charge in [-0.25, -0.2) is 4.39 Å². The fourth-order valence-corrected chi connectivity index (χ4v) is 1.95. The van der Waals surface area contributed by atoms with Crippen LogP contribution in [0.25, 0.3) is 0 Å². The molecule has 0 saturated heterocycles. The molecule has 18 heavy (non-hydrogen) atoms. The molecule has 3 nitrogen and oxygen atoms in total. The first-order valence-electron chi connectivity index (χ1n) is 6.40. The Morgan fingerprint density at radius 3 is 2.61 bits per heavy atom. The second kappa shape index (κ2) is 6.71. The first-order valence-corrected chi connectivity index (χ1v) is 6.40. The molecule has 0 aliphatic carbocycles. The summed E-state index contributed by atoms with van der Waals surface area (Å²) in [5.41, 5.74) is 5.35. The van der Waals surface area contributed by atoms with Crippen LogP contribution in [0.5, 0.6) is 0 Å². The predicted octanol–water partition coefficient (Wildman–Crippen LogP) is 2.14. The Balaban J connectivity index is 2.47. The molecular formula is C14H23FN2O. The third-order valence-electron chi connectivity index (χ3n) is 3.44. The SMILES string of the molecule is CCC(O)(CN)CCCN(C)c1ccccc1F. The van der Waals surface area contributed by atoms with E-state index in [1.165, 1.54) is 6.07 Å². The zero-order chi connectivity index (χ0) is 13.6. The van der Waals surface area contributed by atoms with E-state index in [0.29, 0.717) is 25.1 Å². The van der Waals surface area contributed by atoms with Crippen LogP contribution in [0.1, 0.15) is 26.2 Å². The van der Waals surface area contributed by atoms with Gasteiger partial charge in [-0.2, -0.15) is 0 Å². The molecule has 0 saturated carbocycles. The normalized spacial score (nSPS) is 14.3. The Labute approximate surface area is 108 Å². The molecule has 0 spiro atoms. The maximum absolute atomic E-state index is 13.5. The van der Waals surface area contributed by atoms with E-state index in [1.54, 1.807) is 12.1 Å². The third kappa shape index (κ3) is 3.96. The predicted molar refractivity (Wildman–Crippen MR) is 73.2 cm³/mol. The molecule has 1 rings (SSSR count). The molecular weight excluding hydrogens is 231 g/mol. The highest BCUT2D eigenvalue weighted by atomic mass is 19.1. The number of nitrogens with two attached hydrogens (primary N) is 1. The first-order chi connectivity index (χ1) is 8.52. The summed E-state index contributed by atoms with van der Waals surface area (Å²) in [7, 11) is 1.85. The number of anilines is 1. The second-order valence-electron chi connectivity index (χ2n) is 4.76. The van der Waals surface area contributed by atoms with Crippen LogP contribution in [0.15, 0.2) is 24.3 Å². The Kier molecular flexibility index (Phi) is 5.56. The summed E-state index contributed by atoms with van der Waals surface area (Å²) in [6.07, 6.45) is 2.07. The van der Waals surface area contributed by atoms with Gasteiger partial charge in [0.15, 0.2) is 0 Å². The monoisotopic (exact) mass is 254 g/mol. The minimum absolute atomic E-state index is 0.218. The molecule has 0 aliphatic rings. The minimum atomic E-state index is -0.782. The molecule has 102 valence electrons. The van der Waals surface area contributed by atoms with Gasteiger partial charge in [0.1, 0.15) is 5.82 Å². The highest BCUT2D eigenvalue weighted by Crippen LogP contribution is 2.20. The minimum Gasteiger partial charge on any atom is -0.389 e. The lowest BCUT2D eigenvalue weighted by Gasteiger charge is -2.26. The standard InChI is InChI=1S/C14H23FN2O/c1-3-14(18,11-16)9-6-10-17(2)13-8-5-4-7-12(13)15/h4-5,7-8,18H,3,6,9-11,16H2,1-2H3. The molecule has 0 fully saturated rings. The van der Waals surface area contributed by atoms with Crippen LogP contribution >= 0.6 is 0 Å². The van der Waals surface area contributed by atoms with E-state index in [4.69, 9.17) is 5.73 Å². The number of halogens is 1. The fourth-order valence-electron chi connectivity index (χ4n) is 1.95. The van der Waals surface area contributed by atoms with Gasteiger partial charge in [-0.3, -0.25) is 0 Å². The van der Waals surface area contributed by atoms with Crippen LogP contribution in [0.3, 0.4) is 0 Å². The third-order valence-corrected chi connectivity index (χ3v) is 3.44. The first kappa shape index (κ1) is 14.9. The largest absolute Gasteiger partial charge is 0.389 e. The molecule has 0 aliphatic heterocycles. The summed E-state index contributed by atoms with van der Waals surface area (Å²) in [4.78, 5) is 1.86. The number of rotatable bonds is 7. The maximum Gasteiger partial charge on any atom is 0.146 e. The molecule has 3 N–H and O–H groups in total. The molecule has 1 aromatic carbocycles. The summed E-state index contributed by atoms with van der Waals surface area (Å²) < 4.78 is 13.5. The van der Waals surface area contributed by atoms with E-state index >= 15 is 0 Å². The van der Waals surface area contributed by atoms with Gasteiger partial charge >= 0.3 is 0 Å². The number of para-hydroxylation sites is 1. The number of aliphatic hydroxyl groups is 1. The van der Waals surface area contributed by atoms with Crippen molar-refractivity contribution in [3.8, 4) is 0 Å². The molecule has 4 heteroatoms. The second-order valence-corrected chi connectivity index (χ2v) is 4.76. The summed E-state index contributed by atoms with van der Waals surface area (Å²) in [6.45, 7) is 2.89. The molecule has 0 bridgehead atoms. The smallest absolute Gasteiger partial charge is 0.146 e. The van der Waals surface area contributed by atoms with Crippen molar-refractivity contribution in [2.75, 3.05) is 25.0 Å². The summed E-state index contributed by atoms with van der Waals surface area (Å²) >= 11 is 0. The van der Waals surface area contributed by atoms with E-state index in [-0.39, 0.29) is 12.4 Å². The average molecular weight is 254 g/mol. The van der Waals surface area contributed by atoms with Gasteiger partial charge in [0, 0.05) is 20.1 Å². The van der Waals surface area contributed by atoms with Crippen molar-refractivity contribution in [1.82, 2.24) is 0 Å². The van der Waals surface area contributed by atoms with Gasteiger partial charge in [0.25, 0.3) is 0 Å². The van der Waals surface area contributed by atoms with E-state index < -0.39 is 5.60 Å². The Morgan fingerprint density at radius 1 is 1.39 bits per heavy atom. The van der Waals surface area contributed by atoms with Crippen molar-refractivity contribution in [3.63, 3.8) is 0 Å². The van der Waals surface area contributed by atoms with E-state index in [0.717, 1.165) is 6.42 Å². The molecule has 0 heterocycles. The van der Waals surface area contributed by atoms with Crippen molar-refractivity contribution in [1.29, 1.82) is 0 Å². The van der Waals surface area contributed by atoms with Gasteiger partial charge in [0.2, 0.25) is 0 Å². The molecule has 0 radical (unpaired) electrons. The zero-order valence-electron chi connectivity index (χ0n) is 11.2. The topological polar surface area (TPSA) is 49.5 Å². The van der Waals surface area contributed by atoms with Crippen molar-refractivity contribution in [2.45, 2.75) is 31.8 Å². The van der Waals surface area contributed by atoms with E-state index in [1.807, 2.05) is 24.9 Å². The van der Waals surface area contributed by atoms with Crippen LogP contribution in [-0.4, -0.2) is 30.8 Å². The van der Waals surface area contributed by atoms with E-state index in [2.05, 4.69) is 0 Å². The highest BCUT2D eigenvalue weighted by molar-refractivity contribution is 5.46. The molecule has 1 atom stereocenters. The van der Waals surface area contributed by atoms with Gasteiger partial charge in [0.05, 0.1) is 11.3 Å². The molecule has 1 unspecified atom stereocenters. The van der Waals surface area contributed by atoms with Gasteiger partial charge < -0.3 is 15.7 Å². The molecule has 1 aromatic rings. The number of benzene rings is 1. The van der Waals surface area contributed by atoms with E-state index in [9.17, 15) is 9.50 Å². The lowest BCUT2D eigenvalue weighted by atomic mass is 9.95. The van der Waals surface area contributed by atoms with Crippen molar-refractivity contribution in [2.24, 2.45) is 5.73 Å². The van der Waals surface area contributed by atoms with Crippen LogP contribution in [0, 0.1) is 5.82 Å². The highest BCUT2D eigenvalue weighted by Gasteiger charge is 2.22. The summed E-state index contributed by atoms with van der Waals surface area (Å²) in [6, 6.07) is 6.70. The van der Waals surface area contributed by atoms with Crippen LogP contribution in [-0.2, 0) is 0 Å². The van der Waals surface area contributed by atoms with Gasteiger partial charge in [-0.05, 0) is 31.4 Å². The Morgan fingerprint density at radius 2 is 2.06 bits per heavy atom. The quantitative estimate of drug-likeness (QED) is 0.784. The zero-order valence-corrected chi connectivity index (χ0v) is 11.2. The lowest BCUT2D eigenvalue weighted by molar-refractivity contribution is 0.0350. The summed E-state index contributed by atoms with van der Waals surface area (Å²) in [5.74, 6) is -0.218. The van der Waals surface area contributed by atoms with Gasteiger partial charge in [-0.15, -0.1) is 0 Å². The van der Waals surface area contributed by atoms with Crippen molar-refractivity contribution < 1.29 is 9.50 Å². The Bertz CT molecular complexity index is 367. The lowest BCUT2D eigenvalue weighted by Crippen LogP contribution is -2.37. The fraction of sp³-hybridized carbons (Fsp3) is 0.571. The van der Waals surface area contributed by atoms with Crippen molar-refractivity contribution in [3.05, 3.63) is 30.1 Å². The van der Waals surface area contributed by atoms with Crippen LogP contribution in [0.2, 0.25) is 0 Å².